The maximum atomic E-state index is 6.36. The van der Waals surface area contributed by atoms with Crippen LogP contribution in [0.25, 0.3) is 0 Å². The Morgan fingerprint density at radius 1 is 0.500 bits per heavy atom. The Bertz CT molecular complexity index is 744. The largest absolute Gasteiger partial charge is 0.398 e. The first-order chi connectivity index (χ1) is 13.0. The molecule has 28 heavy (non-hydrogen) atoms. The Morgan fingerprint density at radius 3 is 1.04 bits per heavy atom. The molecule has 0 spiro atoms. The zero-order valence-electron chi connectivity index (χ0n) is 19.2. The molecule has 0 aliphatic carbocycles. The maximum absolute atomic E-state index is 6.36. The van der Waals surface area contributed by atoms with Crippen LogP contribution in [-0.2, 0) is 12.8 Å². The number of aryl methyl sites for hydroxylation is 2. The lowest BCUT2D eigenvalue weighted by atomic mass is 9.85. The van der Waals surface area contributed by atoms with Gasteiger partial charge in [0.2, 0.25) is 0 Å². The molecule has 0 fully saturated rings. The van der Waals surface area contributed by atoms with Crippen molar-refractivity contribution in [3.05, 3.63) is 57.6 Å². The van der Waals surface area contributed by atoms with Gasteiger partial charge in [0, 0.05) is 11.4 Å². The van der Waals surface area contributed by atoms with Gasteiger partial charge in [-0.15, -0.1) is 0 Å². The summed E-state index contributed by atoms with van der Waals surface area (Å²) in [7, 11) is 0. The van der Waals surface area contributed by atoms with Gasteiger partial charge >= 0.3 is 0 Å². The number of hydrogen-bond acceptors (Lipinski definition) is 2. The smallest absolute Gasteiger partial charge is 0.0352 e. The molecule has 0 radical (unpaired) electrons. The van der Waals surface area contributed by atoms with Crippen LogP contribution in [0, 0.1) is 0 Å². The minimum Gasteiger partial charge on any atom is -0.398 e. The normalized spacial score (nSPS) is 12.0. The van der Waals surface area contributed by atoms with Crippen molar-refractivity contribution < 1.29 is 0 Å². The molecule has 0 amide bonds. The van der Waals surface area contributed by atoms with Crippen molar-refractivity contribution in [2.24, 2.45) is 0 Å². The molecular weight excluding hydrogens is 340 g/mol. The monoisotopic (exact) mass is 380 g/mol. The molecule has 2 aromatic rings. The van der Waals surface area contributed by atoms with Crippen LogP contribution in [0.3, 0.4) is 0 Å². The van der Waals surface area contributed by atoms with E-state index in [0.717, 1.165) is 24.2 Å². The highest BCUT2D eigenvalue weighted by Crippen LogP contribution is 2.33. The topological polar surface area (TPSA) is 52.0 Å². The van der Waals surface area contributed by atoms with E-state index in [4.69, 9.17) is 11.5 Å². The van der Waals surface area contributed by atoms with E-state index < -0.39 is 0 Å². The van der Waals surface area contributed by atoms with Gasteiger partial charge in [0.05, 0.1) is 0 Å². The van der Waals surface area contributed by atoms with Crippen LogP contribution < -0.4 is 11.5 Å². The van der Waals surface area contributed by atoms with Gasteiger partial charge in [0.1, 0.15) is 0 Å². The van der Waals surface area contributed by atoms with Gasteiger partial charge in [-0.3, -0.25) is 0 Å². The minimum atomic E-state index is 0.440. The van der Waals surface area contributed by atoms with E-state index in [0.29, 0.717) is 23.7 Å². The molecule has 0 aliphatic rings. The zero-order valence-corrected chi connectivity index (χ0v) is 19.2. The highest BCUT2D eigenvalue weighted by atomic mass is 14.6. The second-order valence-electron chi connectivity index (χ2n) is 9.48. The molecule has 154 valence electrons. The first-order valence-electron chi connectivity index (χ1n) is 10.9. The molecule has 0 heterocycles. The first kappa shape index (κ1) is 22.3. The lowest BCUT2D eigenvalue weighted by Crippen LogP contribution is -2.08. The number of benzene rings is 2. The number of rotatable bonds is 7. The summed E-state index contributed by atoms with van der Waals surface area (Å²) in [5.74, 6) is 1.83. The van der Waals surface area contributed by atoms with Gasteiger partial charge in [-0.2, -0.15) is 0 Å². The second kappa shape index (κ2) is 9.03. The zero-order chi connectivity index (χ0) is 21.2. The van der Waals surface area contributed by atoms with Gasteiger partial charge in [0.25, 0.3) is 0 Å². The van der Waals surface area contributed by atoms with E-state index in [1.165, 1.54) is 33.4 Å². The van der Waals surface area contributed by atoms with E-state index in [2.05, 4.69) is 79.7 Å². The van der Waals surface area contributed by atoms with E-state index in [9.17, 15) is 0 Å². The summed E-state index contributed by atoms with van der Waals surface area (Å²) in [6, 6.07) is 9.12. The van der Waals surface area contributed by atoms with Gasteiger partial charge < -0.3 is 11.5 Å². The third kappa shape index (κ3) is 4.90. The molecular formula is C26H40N2. The molecule has 2 aromatic carbocycles. The molecule has 0 aliphatic heterocycles. The summed E-state index contributed by atoms with van der Waals surface area (Å²) < 4.78 is 0. The predicted molar refractivity (Wildman–Crippen MR) is 125 cm³/mol. The highest BCUT2D eigenvalue weighted by molar-refractivity contribution is 5.56. The van der Waals surface area contributed by atoms with E-state index in [1.807, 2.05) is 0 Å². The van der Waals surface area contributed by atoms with Crippen molar-refractivity contribution in [2.75, 3.05) is 11.5 Å². The third-order valence-electron chi connectivity index (χ3n) is 5.84. The number of nitrogen functional groups attached to an aromatic ring is 2. The lowest BCUT2D eigenvalue weighted by molar-refractivity contribution is 0.793. The Kier molecular flexibility index (Phi) is 7.20. The molecule has 0 bridgehead atoms. The summed E-state index contributed by atoms with van der Waals surface area (Å²) in [5, 5.41) is 0. The summed E-state index contributed by atoms with van der Waals surface area (Å²) in [5.41, 5.74) is 22.7. The molecule has 0 unspecified atom stereocenters. The Morgan fingerprint density at radius 2 is 0.786 bits per heavy atom. The van der Waals surface area contributed by atoms with Crippen molar-refractivity contribution in [1.82, 2.24) is 0 Å². The Hall–Kier alpha value is -1.96. The SMILES string of the molecule is CC(C)c1cc(CCc2cc(C(C)C)c(N)cc2C(C)C)c(C(C)C)cc1N. The summed E-state index contributed by atoms with van der Waals surface area (Å²) in [6.07, 6.45) is 2.07. The predicted octanol–water partition coefficient (Wildman–Crippen LogP) is 7.13. The average molecular weight is 381 g/mol. The standard InChI is InChI=1S/C26H40N2/c1-15(2)21-13-25(27)23(17(5)6)11-19(21)9-10-20-12-24(18(7)8)26(28)14-22(20)16(3)4/h11-18H,9-10,27-28H2,1-8H3. The highest BCUT2D eigenvalue weighted by Gasteiger charge is 2.16. The van der Waals surface area contributed by atoms with Crippen LogP contribution in [0.4, 0.5) is 11.4 Å². The van der Waals surface area contributed by atoms with Gasteiger partial charge in [-0.1, -0.05) is 67.5 Å². The summed E-state index contributed by atoms with van der Waals surface area (Å²) in [4.78, 5) is 0. The van der Waals surface area contributed by atoms with E-state index in [-0.39, 0.29) is 0 Å². The van der Waals surface area contributed by atoms with Crippen LogP contribution in [-0.4, -0.2) is 0 Å². The average Bonchev–Trinajstić information content (AvgIpc) is 2.59. The molecule has 0 saturated heterocycles. The second-order valence-corrected chi connectivity index (χ2v) is 9.48. The van der Waals surface area contributed by atoms with Crippen molar-refractivity contribution in [3.63, 3.8) is 0 Å². The first-order valence-corrected chi connectivity index (χ1v) is 10.9. The van der Waals surface area contributed by atoms with Crippen molar-refractivity contribution in [2.45, 2.75) is 91.9 Å². The lowest BCUT2D eigenvalue weighted by Gasteiger charge is -2.21. The van der Waals surface area contributed by atoms with Crippen molar-refractivity contribution in [3.8, 4) is 0 Å². The number of hydrogen-bond donors (Lipinski definition) is 2. The third-order valence-corrected chi connectivity index (χ3v) is 5.84. The fourth-order valence-electron chi connectivity index (χ4n) is 4.17. The number of nitrogens with two attached hydrogens (primary N) is 2. The molecule has 2 nitrogen and oxygen atoms in total. The van der Waals surface area contributed by atoms with Crippen LogP contribution in [0.15, 0.2) is 24.3 Å². The van der Waals surface area contributed by atoms with Crippen molar-refractivity contribution >= 4 is 11.4 Å². The van der Waals surface area contributed by atoms with Gasteiger partial charge in [-0.25, -0.2) is 0 Å². The van der Waals surface area contributed by atoms with Crippen molar-refractivity contribution in [1.29, 1.82) is 0 Å². The van der Waals surface area contributed by atoms with Gasteiger partial charge in [0.15, 0.2) is 0 Å². The fraction of sp³-hybridized carbons (Fsp3) is 0.538. The van der Waals surface area contributed by atoms with Gasteiger partial charge in [-0.05, 0) is 82.0 Å². The van der Waals surface area contributed by atoms with Crippen LogP contribution >= 0.6 is 0 Å². The van der Waals surface area contributed by atoms with Crippen LogP contribution in [0.5, 0.6) is 0 Å². The quantitative estimate of drug-likeness (QED) is 0.502. The molecule has 0 saturated carbocycles. The maximum Gasteiger partial charge on any atom is 0.0352 e. The Balaban J connectivity index is 2.45. The fourth-order valence-corrected chi connectivity index (χ4v) is 4.17. The number of anilines is 2. The summed E-state index contributed by atoms with van der Waals surface area (Å²) >= 11 is 0. The molecule has 4 N–H and O–H groups in total. The molecule has 0 aromatic heterocycles. The van der Waals surface area contributed by atoms with E-state index >= 15 is 0 Å². The van der Waals surface area contributed by atoms with Crippen LogP contribution in [0.1, 0.15) is 112 Å². The Labute approximate surface area is 172 Å². The molecule has 0 atom stereocenters. The molecule has 2 rings (SSSR count). The van der Waals surface area contributed by atoms with E-state index in [1.54, 1.807) is 0 Å². The summed E-state index contributed by atoms with van der Waals surface area (Å²) in [6.45, 7) is 17.9. The van der Waals surface area contributed by atoms with Crippen LogP contribution in [0.2, 0.25) is 0 Å². The molecule has 2 heteroatoms. The minimum absolute atomic E-state index is 0.440.